The second-order valence-electron chi connectivity index (χ2n) is 5.08. The highest BCUT2D eigenvalue weighted by atomic mass is 16.5. The summed E-state index contributed by atoms with van der Waals surface area (Å²) in [5.41, 5.74) is 5.00. The Balaban J connectivity index is 1.71. The fourth-order valence-corrected chi connectivity index (χ4v) is 2.21. The molecule has 25 heavy (non-hydrogen) atoms. The van der Waals surface area contributed by atoms with E-state index in [0.29, 0.717) is 18.0 Å². The Kier molecular flexibility index (Phi) is 5.16. The van der Waals surface area contributed by atoms with Crippen LogP contribution in [0.25, 0.3) is 11.3 Å². The van der Waals surface area contributed by atoms with Gasteiger partial charge in [-0.3, -0.25) is 14.9 Å². The van der Waals surface area contributed by atoms with Crippen LogP contribution >= 0.6 is 0 Å². The van der Waals surface area contributed by atoms with E-state index in [1.165, 1.54) is 6.21 Å². The lowest BCUT2D eigenvalue weighted by Crippen LogP contribution is -2.18. The lowest BCUT2D eigenvalue weighted by Gasteiger charge is -2.07. The van der Waals surface area contributed by atoms with Gasteiger partial charge in [0.05, 0.1) is 18.5 Å². The maximum atomic E-state index is 12.1. The van der Waals surface area contributed by atoms with Gasteiger partial charge in [0.1, 0.15) is 11.4 Å². The number of aromatic nitrogens is 3. The number of amides is 1. The van der Waals surface area contributed by atoms with E-state index in [2.05, 4.69) is 25.7 Å². The van der Waals surface area contributed by atoms with E-state index in [1.807, 2.05) is 37.3 Å². The maximum absolute atomic E-state index is 12.1. The molecule has 1 amide bonds. The highest BCUT2D eigenvalue weighted by molar-refractivity contribution is 5.94. The summed E-state index contributed by atoms with van der Waals surface area (Å²) in [6.07, 6.45) is 4.84. The molecular formula is C18H17N5O2. The minimum Gasteiger partial charge on any atom is -0.493 e. The summed E-state index contributed by atoms with van der Waals surface area (Å²) in [7, 11) is 0. The van der Waals surface area contributed by atoms with E-state index in [9.17, 15) is 4.79 Å². The van der Waals surface area contributed by atoms with Gasteiger partial charge in [-0.1, -0.05) is 18.2 Å². The predicted molar refractivity (Wildman–Crippen MR) is 94.5 cm³/mol. The van der Waals surface area contributed by atoms with Gasteiger partial charge < -0.3 is 4.74 Å². The molecule has 0 bridgehead atoms. The first-order valence-corrected chi connectivity index (χ1v) is 7.79. The number of carbonyl (C=O) groups is 1. The number of rotatable bonds is 6. The number of nitrogens with one attached hydrogen (secondary N) is 2. The molecular weight excluding hydrogens is 318 g/mol. The van der Waals surface area contributed by atoms with Crippen molar-refractivity contribution in [3.8, 4) is 17.0 Å². The van der Waals surface area contributed by atoms with Crippen LogP contribution in [0.1, 0.15) is 23.0 Å². The zero-order valence-corrected chi connectivity index (χ0v) is 13.6. The van der Waals surface area contributed by atoms with E-state index in [1.54, 1.807) is 24.5 Å². The summed E-state index contributed by atoms with van der Waals surface area (Å²) in [6, 6.07) is 12.8. The molecule has 0 aliphatic carbocycles. The Bertz CT molecular complexity index is 874. The van der Waals surface area contributed by atoms with Crippen LogP contribution in [0.15, 0.2) is 60.0 Å². The number of hydrogen-bond acceptors (Lipinski definition) is 5. The number of hydrogen-bond donors (Lipinski definition) is 2. The molecule has 126 valence electrons. The Morgan fingerprint density at radius 3 is 3.00 bits per heavy atom. The third kappa shape index (κ3) is 4.08. The van der Waals surface area contributed by atoms with Gasteiger partial charge in [-0.15, -0.1) is 0 Å². The van der Waals surface area contributed by atoms with Crippen LogP contribution in [0.4, 0.5) is 0 Å². The zero-order chi connectivity index (χ0) is 17.5. The maximum Gasteiger partial charge on any atom is 0.289 e. The monoisotopic (exact) mass is 335 g/mol. The Morgan fingerprint density at radius 1 is 1.32 bits per heavy atom. The summed E-state index contributed by atoms with van der Waals surface area (Å²) in [4.78, 5) is 16.1. The summed E-state index contributed by atoms with van der Waals surface area (Å²) < 4.78 is 5.59. The molecule has 3 rings (SSSR count). The molecule has 7 nitrogen and oxygen atoms in total. The molecule has 0 aliphatic rings. The van der Waals surface area contributed by atoms with Crippen molar-refractivity contribution in [2.75, 3.05) is 6.61 Å². The van der Waals surface area contributed by atoms with E-state index < -0.39 is 0 Å². The van der Waals surface area contributed by atoms with E-state index >= 15 is 0 Å². The molecule has 0 atom stereocenters. The molecule has 7 heteroatoms. The Morgan fingerprint density at radius 2 is 2.20 bits per heavy atom. The second kappa shape index (κ2) is 7.87. The molecule has 1 aromatic carbocycles. The van der Waals surface area contributed by atoms with E-state index in [-0.39, 0.29) is 5.91 Å². The van der Waals surface area contributed by atoms with Gasteiger partial charge in [0.15, 0.2) is 0 Å². The number of pyridine rings is 1. The average Bonchev–Trinajstić information content (AvgIpc) is 3.13. The summed E-state index contributed by atoms with van der Waals surface area (Å²) in [6.45, 7) is 2.47. The number of benzene rings is 1. The van der Waals surface area contributed by atoms with Crippen molar-refractivity contribution in [1.82, 2.24) is 20.6 Å². The molecule has 2 N–H and O–H groups in total. The Hall–Kier alpha value is -3.48. The largest absolute Gasteiger partial charge is 0.493 e. The number of aromatic amines is 1. The van der Waals surface area contributed by atoms with Crippen molar-refractivity contribution in [3.63, 3.8) is 0 Å². The van der Waals surface area contributed by atoms with Crippen molar-refractivity contribution in [2.45, 2.75) is 6.92 Å². The minimum atomic E-state index is -0.382. The molecule has 0 saturated heterocycles. The number of carbonyl (C=O) groups excluding carboxylic acids is 1. The van der Waals surface area contributed by atoms with Gasteiger partial charge in [-0.05, 0) is 31.2 Å². The molecule has 0 saturated carbocycles. The summed E-state index contributed by atoms with van der Waals surface area (Å²) in [5.74, 6) is 0.339. The van der Waals surface area contributed by atoms with Crippen LogP contribution in [0.3, 0.4) is 0 Å². The molecule has 3 aromatic rings. The fourth-order valence-electron chi connectivity index (χ4n) is 2.21. The molecule has 0 radical (unpaired) electrons. The molecule has 0 unspecified atom stereocenters. The lowest BCUT2D eigenvalue weighted by atomic mass is 10.1. The number of nitrogens with zero attached hydrogens (tertiary/aromatic N) is 3. The summed E-state index contributed by atoms with van der Waals surface area (Å²) >= 11 is 0. The average molecular weight is 335 g/mol. The van der Waals surface area contributed by atoms with Crippen molar-refractivity contribution in [1.29, 1.82) is 0 Å². The van der Waals surface area contributed by atoms with Crippen molar-refractivity contribution in [2.24, 2.45) is 5.10 Å². The van der Waals surface area contributed by atoms with E-state index in [4.69, 9.17) is 4.74 Å². The van der Waals surface area contributed by atoms with Crippen molar-refractivity contribution < 1.29 is 9.53 Å². The molecule has 2 aromatic heterocycles. The van der Waals surface area contributed by atoms with Gasteiger partial charge >= 0.3 is 0 Å². The van der Waals surface area contributed by atoms with Crippen LogP contribution in [0, 0.1) is 0 Å². The highest BCUT2D eigenvalue weighted by Crippen LogP contribution is 2.28. The third-order valence-electron chi connectivity index (χ3n) is 3.35. The fraction of sp³-hybridized carbons (Fsp3) is 0.111. The first-order chi connectivity index (χ1) is 12.3. The second-order valence-corrected chi connectivity index (χ2v) is 5.08. The van der Waals surface area contributed by atoms with Gasteiger partial charge in [0, 0.05) is 23.5 Å². The van der Waals surface area contributed by atoms with Crippen LogP contribution in [-0.2, 0) is 0 Å². The standard InChI is InChI=1S/C18H17N5O2/c1-2-25-17-8-4-3-7-14(17)15-10-16(22-21-15)18(24)23-20-12-13-6-5-9-19-11-13/h3-12H,2H2,1H3,(H,21,22)(H,23,24)/b20-12-. The smallest absolute Gasteiger partial charge is 0.289 e. The lowest BCUT2D eigenvalue weighted by molar-refractivity contribution is 0.0950. The summed E-state index contributed by atoms with van der Waals surface area (Å²) in [5, 5.41) is 10.8. The molecule has 0 fully saturated rings. The molecule has 0 aliphatic heterocycles. The number of para-hydroxylation sites is 1. The van der Waals surface area contributed by atoms with Crippen LogP contribution in [0.5, 0.6) is 5.75 Å². The minimum absolute atomic E-state index is 0.310. The number of H-pyrrole nitrogens is 1. The predicted octanol–water partition coefficient (Wildman–Crippen LogP) is 2.63. The number of ether oxygens (including phenoxy) is 1. The first-order valence-electron chi connectivity index (χ1n) is 7.79. The normalized spacial score (nSPS) is 10.8. The Labute approximate surface area is 144 Å². The van der Waals surface area contributed by atoms with Crippen LogP contribution < -0.4 is 10.2 Å². The quantitative estimate of drug-likeness (QED) is 0.535. The van der Waals surface area contributed by atoms with Crippen LogP contribution in [-0.4, -0.2) is 33.9 Å². The van der Waals surface area contributed by atoms with Crippen molar-refractivity contribution in [3.05, 3.63) is 66.1 Å². The number of hydrazone groups is 1. The van der Waals surface area contributed by atoms with Gasteiger partial charge in [-0.2, -0.15) is 10.2 Å². The van der Waals surface area contributed by atoms with Crippen molar-refractivity contribution >= 4 is 12.1 Å². The highest BCUT2D eigenvalue weighted by Gasteiger charge is 2.13. The van der Waals surface area contributed by atoms with Crippen LogP contribution in [0.2, 0.25) is 0 Å². The molecule has 2 heterocycles. The SMILES string of the molecule is CCOc1ccccc1-c1cc(C(=O)N/N=C\c2cccnc2)[nH]n1. The van der Waals surface area contributed by atoms with E-state index in [0.717, 1.165) is 16.9 Å². The zero-order valence-electron chi connectivity index (χ0n) is 13.6. The first kappa shape index (κ1) is 16.4. The molecule has 0 spiro atoms. The topological polar surface area (TPSA) is 92.3 Å². The van der Waals surface area contributed by atoms with Gasteiger partial charge in [-0.25, -0.2) is 5.43 Å². The van der Waals surface area contributed by atoms with Gasteiger partial charge in [0.25, 0.3) is 5.91 Å². The van der Waals surface area contributed by atoms with Gasteiger partial charge in [0.2, 0.25) is 0 Å². The third-order valence-corrected chi connectivity index (χ3v) is 3.35.